The van der Waals surface area contributed by atoms with Crippen molar-refractivity contribution in [3.05, 3.63) is 0 Å². The number of hydrogen-bond acceptors (Lipinski definition) is 4. The van der Waals surface area contributed by atoms with Gasteiger partial charge in [-0.1, -0.05) is 6.42 Å². The van der Waals surface area contributed by atoms with Gasteiger partial charge >= 0.3 is 5.97 Å². The van der Waals surface area contributed by atoms with Gasteiger partial charge in [-0.2, -0.15) is 0 Å². The second kappa shape index (κ2) is 5.06. The lowest BCUT2D eigenvalue weighted by Crippen LogP contribution is -2.52. The summed E-state index contributed by atoms with van der Waals surface area (Å²) in [5.74, 6) is 1.04. The minimum absolute atomic E-state index is 0.210. The molecule has 3 aliphatic rings. The number of ether oxygens (including phenoxy) is 1. The molecule has 4 nitrogen and oxygen atoms in total. The lowest BCUT2D eigenvalue weighted by Gasteiger charge is -2.32. The Balaban J connectivity index is 1.56. The van der Waals surface area contributed by atoms with E-state index in [0.29, 0.717) is 5.92 Å². The lowest BCUT2D eigenvalue weighted by atomic mass is 9.85. The van der Waals surface area contributed by atoms with Crippen molar-refractivity contribution in [3.8, 4) is 0 Å². The molecule has 108 valence electrons. The SMILES string of the molecule is COC(=O)C1(N)CCCC1CCN1CC2CCC1C2. The maximum atomic E-state index is 11.9. The van der Waals surface area contributed by atoms with Crippen molar-refractivity contribution in [3.63, 3.8) is 0 Å². The molecule has 3 fully saturated rings. The van der Waals surface area contributed by atoms with Gasteiger partial charge in [0, 0.05) is 12.6 Å². The zero-order valence-corrected chi connectivity index (χ0v) is 11.9. The highest BCUT2D eigenvalue weighted by molar-refractivity contribution is 5.81. The summed E-state index contributed by atoms with van der Waals surface area (Å²) in [6, 6.07) is 0.816. The molecule has 2 saturated carbocycles. The Bertz CT molecular complexity index is 360. The van der Waals surface area contributed by atoms with Crippen LogP contribution in [0.3, 0.4) is 0 Å². The number of nitrogens with zero attached hydrogens (tertiary/aromatic N) is 1. The fourth-order valence-corrected chi connectivity index (χ4v) is 4.59. The van der Waals surface area contributed by atoms with Gasteiger partial charge in [0.2, 0.25) is 0 Å². The first-order valence-corrected chi connectivity index (χ1v) is 7.75. The van der Waals surface area contributed by atoms with Crippen molar-refractivity contribution in [2.45, 2.75) is 56.5 Å². The van der Waals surface area contributed by atoms with E-state index in [2.05, 4.69) is 4.90 Å². The zero-order valence-electron chi connectivity index (χ0n) is 11.9. The van der Waals surface area contributed by atoms with Crippen LogP contribution in [0.1, 0.15) is 44.9 Å². The quantitative estimate of drug-likeness (QED) is 0.784. The van der Waals surface area contributed by atoms with Crippen molar-refractivity contribution in [2.75, 3.05) is 20.2 Å². The Morgan fingerprint density at radius 3 is 2.89 bits per heavy atom. The van der Waals surface area contributed by atoms with Crippen LogP contribution in [-0.4, -0.2) is 42.6 Å². The molecule has 4 atom stereocenters. The number of nitrogens with two attached hydrogens (primary N) is 1. The van der Waals surface area contributed by atoms with E-state index in [4.69, 9.17) is 10.5 Å². The fourth-order valence-electron chi connectivity index (χ4n) is 4.59. The van der Waals surface area contributed by atoms with Crippen LogP contribution in [0.5, 0.6) is 0 Å². The normalized spacial score (nSPS) is 41.9. The number of carbonyl (C=O) groups excluding carboxylic acids is 1. The van der Waals surface area contributed by atoms with E-state index in [9.17, 15) is 4.79 Å². The summed E-state index contributed by atoms with van der Waals surface area (Å²) in [6.45, 7) is 2.38. The summed E-state index contributed by atoms with van der Waals surface area (Å²) in [5.41, 5.74) is 5.61. The highest BCUT2D eigenvalue weighted by Gasteiger charge is 2.47. The topological polar surface area (TPSA) is 55.6 Å². The summed E-state index contributed by atoms with van der Waals surface area (Å²) >= 11 is 0. The van der Waals surface area contributed by atoms with Gasteiger partial charge in [0.15, 0.2) is 0 Å². The first-order valence-electron chi connectivity index (χ1n) is 7.75. The molecule has 2 aliphatic carbocycles. The number of esters is 1. The molecule has 0 aromatic rings. The van der Waals surface area contributed by atoms with Gasteiger partial charge in [0.25, 0.3) is 0 Å². The minimum atomic E-state index is -0.715. The highest BCUT2D eigenvalue weighted by Crippen LogP contribution is 2.40. The largest absolute Gasteiger partial charge is 0.468 e. The van der Waals surface area contributed by atoms with Crippen LogP contribution in [-0.2, 0) is 9.53 Å². The fraction of sp³-hybridized carbons (Fsp3) is 0.933. The molecule has 1 saturated heterocycles. The first-order chi connectivity index (χ1) is 9.13. The monoisotopic (exact) mass is 266 g/mol. The van der Waals surface area contributed by atoms with Crippen LogP contribution in [0.4, 0.5) is 0 Å². The third-order valence-corrected chi connectivity index (χ3v) is 5.72. The van der Waals surface area contributed by atoms with Crippen molar-refractivity contribution >= 4 is 5.97 Å². The van der Waals surface area contributed by atoms with Crippen LogP contribution < -0.4 is 5.73 Å². The number of methoxy groups -OCH3 is 1. The molecule has 4 unspecified atom stereocenters. The number of likely N-dealkylation sites (tertiary alicyclic amines) is 1. The Labute approximate surface area is 115 Å². The maximum Gasteiger partial charge on any atom is 0.326 e. The molecule has 19 heavy (non-hydrogen) atoms. The molecule has 1 aliphatic heterocycles. The molecule has 0 aromatic carbocycles. The van der Waals surface area contributed by atoms with Crippen LogP contribution in [0.2, 0.25) is 0 Å². The van der Waals surface area contributed by atoms with E-state index < -0.39 is 5.54 Å². The van der Waals surface area contributed by atoms with E-state index in [0.717, 1.165) is 44.2 Å². The van der Waals surface area contributed by atoms with Gasteiger partial charge in [-0.25, -0.2) is 0 Å². The molecule has 3 rings (SSSR count). The van der Waals surface area contributed by atoms with E-state index in [1.807, 2.05) is 0 Å². The zero-order chi connectivity index (χ0) is 13.5. The molecule has 0 radical (unpaired) electrons. The molecule has 1 heterocycles. The molecule has 0 amide bonds. The highest BCUT2D eigenvalue weighted by atomic mass is 16.5. The maximum absolute atomic E-state index is 11.9. The van der Waals surface area contributed by atoms with E-state index in [1.165, 1.54) is 32.9 Å². The van der Waals surface area contributed by atoms with Crippen molar-refractivity contribution < 1.29 is 9.53 Å². The number of rotatable bonds is 4. The molecule has 2 bridgehead atoms. The third-order valence-electron chi connectivity index (χ3n) is 5.72. The van der Waals surface area contributed by atoms with Crippen LogP contribution >= 0.6 is 0 Å². The molecule has 4 heteroatoms. The Morgan fingerprint density at radius 2 is 2.26 bits per heavy atom. The summed E-state index contributed by atoms with van der Waals surface area (Å²) < 4.78 is 4.91. The average Bonchev–Trinajstić information content (AvgIpc) is 3.11. The first kappa shape index (κ1) is 13.4. The van der Waals surface area contributed by atoms with Crippen LogP contribution in [0.25, 0.3) is 0 Å². The molecule has 2 N–H and O–H groups in total. The lowest BCUT2D eigenvalue weighted by molar-refractivity contribution is -0.148. The minimum Gasteiger partial charge on any atom is -0.468 e. The van der Waals surface area contributed by atoms with Gasteiger partial charge in [-0.05, 0) is 56.9 Å². The Morgan fingerprint density at radius 1 is 1.42 bits per heavy atom. The number of fused-ring (bicyclic) bond motifs is 2. The van der Waals surface area contributed by atoms with Gasteiger partial charge in [-0.3, -0.25) is 4.79 Å². The standard InChI is InChI=1S/C15H26N2O2/c1-19-14(18)15(16)7-2-3-12(15)6-8-17-10-11-4-5-13(17)9-11/h11-13H,2-10,16H2,1H3. The van der Waals surface area contributed by atoms with Crippen molar-refractivity contribution in [1.82, 2.24) is 4.90 Å². The average molecular weight is 266 g/mol. The Hall–Kier alpha value is -0.610. The van der Waals surface area contributed by atoms with Crippen molar-refractivity contribution in [2.24, 2.45) is 17.6 Å². The summed E-state index contributed by atoms with van der Waals surface area (Å²) in [6.07, 6.45) is 8.17. The van der Waals surface area contributed by atoms with Gasteiger partial charge in [-0.15, -0.1) is 0 Å². The number of carbonyl (C=O) groups is 1. The number of hydrogen-bond donors (Lipinski definition) is 1. The van der Waals surface area contributed by atoms with Crippen molar-refractivity contribution in [1.29, 1.82) is 0 Å². The van der Waals surface area contributed by atoms with Gasteiger partial charge in [0.1, 0.15) is 5.54 Å². The third kappa shape index (κ3) is 2.29. The molecule has 0 aromatic heterocycles. The molecular weight excluding hydrogens is 240 g/mol. The second-order valence-corrected chi connectivity index (χ2v) is 6.74. The smallest absolute Gasteiger partial charge is 0.326 e. The van der Waals surface area contributed by atoms with Crippen LogP contribution in [0, 0.1) is 11.8 Å². The van der Waals surface area contributed by atoms with Gasteiger partial charge in [0.05, 0.1) is 7.11 Å². The predicted octanol–water partition coefficient (Wildman–Crippen LogP) is 1.53. The van der Waals surface area contributed by atoms with E-state index in [1.54, 1.807) is 0 Å². The van der Waals surface area contributed by atoms with Gasteiger partial charge < -0.3 is 15.4 Å². The van der Waals surface area contributed by atoms with Crippen LogP contribution in [0.15, 0.2) is 0 Å². The molecule has 0 spiro atoms. The number of piperidine rings is 1. The Kier molecular flexibility index (Phi) is 3.56. The summed E-state index contributed by atoms with van der Waals surface area (Å²) in [5, 5.41) is 0. The summed E-state index contributed by atoms with van der Waals surface area (Å²) in [7, 11) is 1.45. The predicted molar refractivity (Wildman–Crippen MR) is 73.6 cm³/mol. The van der Waals surface area contributed by atoms with E-state index >= 15 is 0 Å². The second-order valence-electron chi connectivity index (χ2n) is 6.74. The van der Waals surface area contributed by atoms with E-state index in [-0.39, 0.29) is 5.97 Å². The molecular formula is C15H26N2O2. The summed E-state index contributed by atoms with van der Waals surface area (Å²) in [4.78, 5) is 14.5.